The van der Waals surface area contributed by atoms with E-state index in [4.69, 9.17) is 10.5 Å². The van der Waals surface area contributed by atoms with Gasteiger partial charge in [-0.05, 0) is 22.9 Å². The average molecular weight is 299 g/mol. The molecule has 90 valence electrons. The highest BCUT2D eigenvalue weighted by Crippen LogP contribution is 2.15. The van der Waals surface area contributed by atoms with Gasteiger partial charge in [0.25, 0.3) is 0 Å². The number of halogens is 1. The highest BCUT2D eigenvalue weighted by atomic mass is 79.9. The lowest BCUT2D eigenvalue weighted by molar-refractivity contribution is -0.142. The summed E-state index contributed by atoms with van der Waals surface area (Å²) in [5.74, 6) is 0.0102. The van der Waals surface area contributed by atoms with Crippen molar-refractivity contribution in [2.75, 3.05) is 12.3 Å². The molecule has 0 amide bonds. The molecular formula is C10H11BrN4O2. The molecule has 0 bridgehead atoms. The molecule has 2 rings (SSSR count). The Morgan fingerprint density at radius 1 is 1.53 bits per heavy atom. The molecule has 2 heterocycles. The largest absolute Gasteiger partial charge is 0.466 e. The number of imidazole rings is 1. The van der Waals surface area contributed by atoms with Crippen LogP contribution in [0.15, 0.2) is 17.0 Å². The second-order valence-corrected chi connectivity index (χ2v) is 4.21. The van der Waals surface area contributed by atoms with E-state index in [1.165, 1.54) is 0 Å². The van der Waals surface area contributed by atoms with E-state index in [1.54, 1.807) is 23.7 Å². The van der Waals surface area contributed by atoms with Crippen molar-refractivity contribution < 1.29 is 9.53 Å². The van der Waals surface area contributed by atoms with Gasteiger partial charge in [-0.3, -0.25) is 4.79 Å². The Bertz CT molecular complexity index is 567. The van der Waals surface area contributed by atoms with Gasteiger partial charge in [0.15, 0.2) is 11.5 Å². The molecule has 0 aromatic carbocycles. The van der Waals surface area contributed by atoms with Gasteiger partial charge in [0.1, 0.15) is 4.60 Å². The van der Waals surface area contributed by atoms with Crippen LogP contribution in [0, 0.1) is 0 Å². The highest BCUT2D eigenvalue weighted by molar-refractivity contribution is 9.10. The van der Waals surface area contributed by atoms with Gasteiger partial charge in [0, 0.05) is 12.4 Å². The third kappa shape index (κ3) is 2.55. The Labute approximate surface area is 106 Å². The highest BCUT2D eigenvalue weighted by Gasteiger charge is 2.10. The van der Waals surface area contributed by atoms with Crippen LogP contribution >= 0.6 is 15.9 Å². The number of nitrogens with two attached hydrogens (primary N) is 1. The third-order valence-corrected chi connectivity index (χ3v) is 2.50. The molecule has 2 N–H and O–H groups in total. The van der Waals surface area contributed by atoms with Crippen LogP contribution in [-0.4, -0.2) is 26.9 Å². The van der Waals surface area contributed by atoms with Crippen molar-refractivity contribution in [3.8, 4) is 0 Å². The summed E-state index contributed by atoms with van der Waals surface area (Å²) in [7, 11) is 0. The molecular weight excluding hydrogens is 288 g/mol. The van der Waals surface area contributed by atoms with Crippen molar-refractivity contribution in [1.82, 2.24) is 14.4 Å². The van der Waals surface area contributed by atoms with Crippen LogP contribution < -0.4 is 5.73 Å². The molecule has 0 atom stereocenters. The maximum atomic E-state index is 11.3. The molecule has 7 heteroatoms. The number of nitrogen functional groups attached to an aromatic ring is 1. The van der Waals surface area contributed by atoms with Crippen molar-refractivity contribution in [2.24, 2.45) is 0 Å². The lowest BCUT2D eigenvalue weighted by Crippen LogP contribution is -2.07. The SMILES string of the molecule is CCOC(=O)Cc1cn2cc(Br)nc(N)c2n1. The number of nitrogens with zero attached hydrogens (tertiary/aromatic N) is 3. The fourth-order valence-corrected chi connectivity index (χ4v) is 1.90. The van der Waals surface area contributed by atoms with Crippen LogP contribution in [0.5, 0.6) is 0 Å². The summed E-state index contributed by atoms with van der Waals surface area (Å²) in [6.07, 6.45) is 3.59. The molecule has 0 spiro atoms. The zero-order chi connectivity index (χ0) is 12.4. The van der Waals surface area contributed by atoms with Gasteiger partial charge in [-0.2, -0.15) is 0 Å². The Balaban J connectivity index is 2.32. The molecule has 2 aromatic rings. The first kappa shape index (κ1) is 11.8. The maximum Gasteiger partial charge on any atom is 0.311 e. The van der Waals surface area contributed by atoms with Gasteiger partial charge in [-0.25, -0.2) is 9.97 Å². The van der Waals surface area contributed by atoms with Gasteiger partial charge in [0.2, 0.25) is 0 Å². The van der Waals surface area contributed by atoms with Gasteiger partial charge in [-0.1, -0.05) is 0 Å². The van der Waals surface area contributed by atoms with E-state index in [-0.39, 0.29) is 12.4 Å². The molecule has 0 radical (unpaired) electrons. The molecule has 0 unspecified atom stereocenters. The number of hydrogen-bond donors (Lipinski definition) is 1. The molecule has 0 saturated heterocycles. The molecule has 0 aliphatic heterocycles. The summed E-state index contributed by atoms with van der Waals surface area (Å²) in [6, 6.07) is 0. The summed E-state index contributed by atoms with van der Waals surface area (Å²) in [5, 5.41) is 0. The van der Waals surface area contributed by atoms with Crippen molar-refractivity contribution in [1.29, 1.82) is 0 Å². The third-order valence-electron chi connectivity index (χ3n) is 2.11. The van der Waals surface area contributed by atoms with E-state index >= 15 is 0 Å². The van der Waals surface area contributed by atoms with E-state index in [9.17, 15) is 4.79 Å². The standard InChI is InChI=1S/C10H11BrN4O2/c1-2-17-8(16)3-6-4-15-5-7(11)14-9(12)10(15)13-6/h4-5H,2-3H2,1H3,(H2,12,14). The minimum Gasteiger partial charge on any atom is -0.466 e. The van der Waals surface area contributed by atoms with E-state index in [1.807, 2.05) is 0 Å². The number of esters is 1. The minimum absolute atomic E-state index is 0.132. The van der Waals surface area contributed by atoms with Gasteiger partial charge in [0.05, 0.1) is 18.7 Å². The first-order chi connectivity index (χ1) is 8.10. The maximum absolute atomic E-state index is 11.3. The number of rotatable bonds is 3. The Hall–Kier alpha value is -1.63. The topological polar surface area (TPSA) is 82.5 Å². The van der Waals surface area contributed by atoms with E-state index in [0.29, 0.717) is 28.4 Å². The molecule has 0 aliphatic carbocycles. The van der Waals surface area contributed by atoms with Crippen LogP contribution in [0.3, 0.4) is 0 Å². The average Bonchev–Trinajstić information content (AvgIpc) is 2.60. The quantitative estimate of drug-likeness (QED) is 0.861. The Morgan fingerprint density at radius 2 is 2.29 bits per heavy atom. The van der Waals surface area contributed by atoms with Crippen molar-refractivity contribution >= 4 is 33.4 Å². The lowest BCUT2D eigenvalue weighted by atomic mass is 10.3. The number of anilines is 1. The van der Waals surface area contributed by atoms with Crippen LogP contribution in [0.4, 0.5) is 5.82 Å². The summed E-state index contributed by atoms with van der Waals surface area (Å²) >= 11 is 3.24. The summed E-state index contributed by atoms with van der Waals surface area (Å²) in [6.45, 7) is 2.13. The van der Waals surface area contributed by atoms with Crippen molar-refractivity contribution in [3.05, 3.63) is 22.7 Å². The van der Waals surface area contributed by atoms with Gasteiger partial charge < -0.3 is 14.9 Å². The molecule has 0 saturated carbocycles. The minimum atomic E-state index is -0.304. The fourth-order valence-electron chi connectivity index (χ4n) is 1.49. The number of hydrogen-bond acceptors (Lipinski definition) is 5. The zero-order valence-corrected chi connectivity index (χ0v) is 10.8. The first-order valence-corrected chi connectivity index (χ1v) is 5.84. The van der Waals surface area contributed by atoms with Crippen molar-refractivity contribution in [2.45, 2.75) is 13.3 Å². The second-order valence-electron chi connectivity index (χ2n) is 3.39. The smallest absolute Gasteiger partial charge is 0.311 e. The van der Waals surface area contributed by atoms with Crippen LogP contribution in [0.25, 0.3) is 5.65 Å². The van der Waals surface area contributed by atoms with Gasteiger partial charge >= 0.3 is 5.97 Å². The van der Waals surface area contributed by atoms with Crippen LogP contribution in [0.1, 0.15) is 12.6 Å². The number of carbonyl (C=O) groups excluding carboxylic acids is 1. The predicted octanol–water partition coefficient (Wildman–Crippen LogP) is 1.18. The predicted molar refractivity (Wildman–Crippen MR) is 65.4 cm³/mol. The van der Waals surface area contributed by atoms with Crippen LogP contribution in [-0.2, 0) is 16.0 Å². The Kier molecular flexibility index (Phi) is 3.28. The summed E-state index contributed by atoms with van der Waals surface area (Å²) in [5.41, 5.74) is 6.86. The number of carbonyl (C=O) groups is 1. The van der Waals surface area contributed by atoms with Crippen LogP contribution in [0.2, 0.25) is 0 Å². The fraction of sp³-hybridized carbons (Fsp3) is 0.300. The lowest BCUT2D eigenvalue weighted by Gasteiger charge is -1.97. The number of ether oxygens (including phenoxy) is 1. The molecule has 17 heavy (non-hydrogen) atoms. The molecule has 6 nitrogen and oxygen atoms in total. The summed E-state index contributed by atoms with van der Waals surface area (Å²) < 4.78 is 7.19. The number of fused-ring (bicyclic) bond motifs is 1. The van der Waals surface area contributed by atoms with Gasteiger partial charge in [-0.15, -0.1) is 0 Å². The normalized spacial score (nSPS) is 10.7. The summed E-state index contributed by atoms with van der Waals surface area (Å²) in [4.78, 5) is 19.6. The van der Waals surface area contributed by atoms with E-state index in [0.717, 1.165) is 0 Å². The zero-order valence-electron chi connectivity index (χ0n) is 9.18. The Morgan fingerprint density at radius 3 is 3.00 bits per heavy atom. The van der Waals surface area contributed by atoms with Crippen molar-refractivity contribution in [3.63, 3.8) is 0 Å². The molecule has 0 aliphatic rings. The molecule has 0 fully saturated rings. The van der Waals surface area contributed by atoms with E-state index < -0.39 is 0 Å². The number of aromatic nitrogens is 3. The first-order valence-electron chi connectivity index (χ1n) is 5.05. The molecule has 2 aromatic heterocycles. The van der Waals surface area contributed by atoms with E-state index in [2.05, 4.69) is 25.9 Å². The monoisotopic (exact) mass is 298 g/mol. The second kappa shape index (κ2) is 4.70.